The van der Waals surface area contributed by atoms with Crippen LogP contribution in [0.15, 0.2) is 0 Å². The molecule has 3 fully saturated rings. The molecule has 2 saturated carbocycles. The van der Waals surface area contributed by atoms with Gasteiger partial charge >= 0.3 is 0 Å². The number of likely N-dealkylation sites (tertiary alicyclic amines) is 1. The number of nitrogens with two attached hydrogens (primary N) is 1. The van der Waals surface area contributed by atoms with Crippen LogP contribution in [0.25, 0.3) is 0 Å². The van der Waals surface area contributed by atoms with Gasteiger partial charge < -0.3 is 15.7 Å². The lowest BCUT2D eigenvalue weighted by Crippen LogP contribution is -2.42. The maximum Gasteiger partial charge on any atom is 0.226 e. The minimum absolute atomic E-state index is 0.148. The van der Waals surface area contributed by atoms with E-state index in [4.69, 9.17) is 5.73 Å². The van der Waals surface area contributed by atoms with Gasteiger partial charge in [0.1, 0.15) is 0 Å². The normalized spacial score (nSPS) is 42.4. The second-order valence-electron chi connectivity index (χ2n) is 6.70. The van der Waals surface area contributed by atoms with Crippen molar-refractivity contribution in [3.8, 4) is 0 Å². The van der Waals surface area contributed by atoms with Crippen LogP contribution < -0.4 is 5.73 Å². The lowest BCUT2D eigenvalue weighted by atomic mass is 9.78. The number of carbonyl (C=O) groups excluding carboxylic acids is 1. The second kappa shape index (κ2) is 5.41. The zero-order valence-corrected chi connectivity index (χ0v) is 11.6. The van der Waals surface area contributed by atoms with Crippen molar-refractivity contribution in [3.63, 3.8) is 0 Å². The van der Waals surface area contributed by atoms with Crippen LogP contribution in [0.5, 0.6) is 0 Å². The number of fused-ring (bicyclic) bond motifs is 1. The lowest BCUT2D eigenvalue weighted by Gasteiger charge is -2.33. The molecular weight excluding hydrogens is 240 g/mol. The molecule has 4 heteroatoms. The molecule has 4 nitrogen and oxygen atoms in total. The van der Waals surface area contributed by atoms with E-state index in [2.05, 4.69) is 0 Å². The van der Waals surface area contributed by atoms with E-state index in [-0.39, 0.29) is 12.0 Å². The number of carbonyl (C=O) groups is 1. The molecule has 1 aliphatic heterocycles. The summed E-state index contributed by atoms with van der Waals surface area (Å²) in [5.74, 6) is 1.72. The molecule has 108 valence electrons. The fraction of sp³-hybridized carbons (Fsp3) is 0.933. The second-order valence-corrected chi connectivity index (χ2v) is 6.70. The summed E-state index contributed by atoms with van der Waals surface area (Å²) in [4.78, 5) is 14.7. The highest BCUT2D eigenvalue weighted by atomic mass is 16.3. The van der Waals surface area contributed by atoms with Gasteiger partial charge in [0.05, 0.1) is 6.10 Å². The minimum atomic E-state index is -0.181. The fourth-order valence-electron chi connectivity index (χ4n) is 4.47. The average molecular weight is 266 g/mol. The summed E-state index contributed by atoms with van der Waals surface area (Å²) in [6.07, 6.45) is 6.32. The topological polar surface area (TPSA) is 66.6 Å². The van der Waals surface area contributed by atoms with Crippen molar-refractivity contribution in [2.75, 3.05) is 19.6 Å². The van der Waals surface area contributed by atoms with Gasteiger partial charge in [-0.25, -0.2) is 0 Å². The van der Waals surface area contributed by atoms with Gasteiger partial charge in [-0.3, -0.25) is 4.79 Å². The first-order chi connectivity index (χ1) is 9.20. The number of hydrogen-bond donors (Lipinski definition) is 2. The van der Waals surface area contributed by atoms with Crippen LogP contribution in [0, 0.1) is 23.7 Å². The molecule has 0 aromatic heterocycles. The number of amides is 1. The lowest BCUT2D eigenvalue weighted by molar-refractivity contribution is -0.137. The molecule has 19 heavy (non-hydrogen) atoms. The minimum Gasteiger partial charge on any atom is -0.393 e. The first-order valence-electron chi connectivity index (χ1n) is 7.87. The number of nitrogens with zero attached hydrogens (tertiary/aromatic N) is 1. The maximum absolute atomic E-state index is 12.7. The van der Waals surface area contributed by atoms with Crippen LogP contribution in [0.1, 0.15) is 38.5 Å². The molecule has 0 radical (unpaired) electrons. The van der Waals surface area contributed by atoms with E-state index in [0.29, 0.717) is 30.2 Å². The Balaban J connectivity index is 1.64. The number of rotatable bonds is 2. The Hall–Kier alpha value is -0.610. The Morgan fingerprint density at radius 1 is 1.16 bits per heavy atom. The van der Waals surface area contributed by atoms with Gasteiger partial charge in [-0.05, 0) is 44.1 Å². The number of aliphatic hydroxyl groups is 1. The summed E-state index contributed by atoms with van der Waals surface area (Å²) in [6, 6.07) is 0. The summed E-state index contributed by atoms with van der Waals surface area (Å²) in [5, 5.41) is 9.95. The monoisotopic (exact) mass is 266 g/mol. The molecule has 2 aliphatic carbocycles. The van der Waals surface area contributed by atoms with Crippen molar-refractivity contribution in [1.82, 2.24) is 4.90 Å². The van der Waals surface area contributed by atoms with Gasteiger partial charge in [0, 0.05) is 24.9 Å². The van der Waals surface area contributed by atoms with E-state index in [0.717, 1.165) is 45.2 Å². The van der Waals surface area contributed by atoms with E-state index in [1.807, 2.05) is 4.90 Å². The molecule has 0 spiro atoms. The fourth-order valence-corrected chi connectivity index (χ4v) is 4.47. The van der Waals surface area contributed by atoms with Crippen molar-refractivity contribution in [3.05, 3.63) is 0 Å². The van der Waals surface area contributed by atoms with Gasteiger partial charge in [0.15, 0.2) is 0 Å². The predicted molar refractivity (Wildman–Crippen MR) is 73.3 cm³/mol. The molecule has 5 unspecified atom stereocenters. The van der Waals surface area contributed by atoms with Gasteiger partial charge in [-0.1, -0.05) is 12.8 Å². The summed E-state index contributed by atoms with van der Waals surface area (Å²) in [7, 11) is 0. The van der Waals surface area contributed by atoms with Crippen LogP contribution in [-0.2, 0) is 4.79 Å². The largest absolute Gasteiger partial charge is 0.393 e. The zero-order chi connectivity index (χ0) is 13.4. The van der Waals surface area contributed by atoms with Crippen molar-refractivity contribution >= 4 is 5.91 Å². The summed E-state index contributed by atoms with van der Waals surface area (Å²) < 4.78 is 0. The van der Waals surface area contributed by atoms with Gasteiger partial charge in [0.2, 0.25) is 5.91 Å². The Bertz CT molecular complexity index is 347. The summed E-state index contributed by atoms with van der Waals surface area (Å²) in [5.41, 5.74) is 5.83. The van der Waals surface area contributed by atoms with Gasteiger partial charge in [0.25, 0.3) is 0 Å². The van der Waals surface area contributed by atoms with Crippen LogP contribution in [0.2, 0.25) is 0 Å². The van der Waals surface area contributed by atoms with E-state index >= 15 is 0 Å². The Kier molecular flexibility index (Phi) is 3.81. The molecule has 0 aromatic rings. The zero-order valence-electron chi connectivity index (χ0n) is 11.6. The quantitative estimate of drug-likeness (QED) is 0.783. The smallest absolute Gasteiger partial charge is 0.226 e. The molecule has 1 amide bonds. The first kappa shape index (κ1) is 13.4. The first-order valence-corrected chi connectivity index (χ1v) is 7.87. The van der Waals surface area contributed by atoms with E-state index in [1.165, 1.54) is 6.42 Å². The van der Waals surface area contributed by atoms with E-state index in [1.54, 1.807) is 0 Å². The van der Waals surface area contributed by atoms with Crippen molar-refractivity contribution < 1.29 is 9.90 Å². The molecule has 5 atom stereocenters. The number of hydrogen-bond acceptors (Lipinski definition) is 3. The van der Waals surface area contributed by atoms with Crippen LogP contribution >= 0.6 is 0 Å². The summed E-state index contributed by atoms with van der Waals surface area (Å²) in [6.45, 7) is 2.28. The molecule has 0 aromatic carbocycles. The van der Waals surface area contributed by atoms with Crippen molar-refractivity contribution in [1.29, 1.82) is 0 Å². The molecule has 3 rings (SSSR count). The van der Waals surface area contributed by atoms with Crippen molar-refractivity contribution in [2.45, 2.75) is 44.6 Å². The predicted octanol–water partition coefficient (Wildman–Crippen LogP) is 0.981. The van der Waals surface area contributed by atoms with E-state index in [9.17, 15) is 9.90 Å². The van der Waals surface area contributed by atoms with Gasteiger partial charge in [-0.2, -0.15) is 0 Å². The van der Waals surface area contributed by atoms with Crippen LogP contribution in [-0.4, -0.2) is 41.7 Å². The van der Waals surface area contributed by atoms with Crippen LogP contribution in [0.4, 0.5) is 0 Å². The SMILES string of the molecule is NCC1CCCCC1C(=O)N1CC2CCC(O)C2C1. The Morgan fingerprint density at radius 3 is 2.68 bits per heavy atom. The highest BCUT2D eigenvalue weighted by Crippen LogP contribution is 2.40. The molecular formula is C15H26N2O2. The highest BCUT2D eigenvalue weighted by Gasteiger charge is 2.45. The standard InChI is InChI=1S/C15H26N2O2/c16-7-10-3-1-2-4-12(10)15(19)17-8-11-5-6-14(18)13(11)9-17/h10-14,18H,1-9,16H2. The van der Waals surface area contributed by atoms with E-state index < -0.39 is 0 Å². The third-order valence-corrected chi connectivity index (χ3v) is 5.66. The van der Waals surface area contributed by atoms with Gasteiger partial charge in [-0.15, -0.1) is 0 Å². The third kappa shape index (κ3) is 2.40. The molecule has 3 N–H and O–H groups in total. The molecule has 3 aliphatic rings. The number of aliphatic hydroxyl groups excluding tert-OH is 1. The molecule has 1 heterocycles. The Morgan fingerprint density at radius 2 is 1.95 bits per heavy atom. The van der Waals surface area contributed by atoms with Crippen LogP contribution in [0.3, 0.4) is 0 Å². The third-order valence-electron chi connectivity index (χ3n) is 5.66. The maximum atomic E-state index is 12.7. The Labute approximate surface area is 115 Å². The molecule has 0 bridgehead atoms. The van der Waals surface area contributed by atoms with Crippen molar-refractivity contribution in [2.24, 2.45) is 29.4 Å². The summed E-state index contributed by atoms with van der Waals surface area (Å²) >= 11 is 0. The highest BCUT2D eigenvalue weighted by molar-refractivity contribution is 5.79. The average Bonchev–Trinajstić information content (AvgIpc) is 3.00. The molecule has 1 saturated heterocycles.